The molecule has 1 aromatic heterocycles. The van der Waals surface area contributed by atoms with Crippen LogP contribution in [-0.4, -0.2) is 30.9 Å². The monoisotopic (exact) mass is 354 g/mol. The molecule has 2 amide bonds. The predicted molar refractivity (Wildman–Crippen MR) is 82.0 cm³/mol. The Balaban J connectivity index is 1.73. The topological polar surface area (TPSA) is 97.6 Å². The highest BCUT2D eigenvalue weighted by Crippen LogP contribution is 2.18. The second kappa shape index (κ2) is 8.11. The van der Waals surface area contributed by atoms with Crippen molar-refractivity contribution in [2.75, 3.05) is 18.5 Å². The normalized spacial score (nSPS) is 10.1. The van der Waals surface area contributed by atoms with Gasteiger partial charge in [-0.1, -0.05) is 11.6 Å². The van der Waals surface area contributed by atoms with Crippen LogP contribution in [0.15, 0.2) is 41.0 Å². The van der Waals surface area contributed by atoms with Gasteiger partial charge in [-0.25, -0.2) is 4.39 Å². The maximum atomic E-state index is 13.5. The van der Waals surface area contributed by atoms with Crippen LogP contribution in [0.2, 0.25) is 5.02 Å². The maximum absolute atomic E-state index is 13.5. The fourth-order valence-electron chi connectivity index (χ4n) is 1.62. The van der Waals surface area contributed by atoms with Gasteiger partial charge in [0.05, 0.1) is 12.0 Å². The third-order valence-corrected chi connectivity index (χ3v) is 2.94. The highest BCUT2D eigenvalue weighted by Gasteiger charge is 2.13. The van der Waals surface area contributed by atoms with Gasteiger partial charge in [0.2, 0.25) is 0 Å². The van der Waals surface area contributed by atoms with Crippen LogP contribution in [0.4, 0.5) is 10.1 Å². The fraction of sp³-hybridized carbons (Fsp3) is 0.133. The fourth-order valence-corrected chi connectivity index (χ4v) is 1.78. The summed E-state index contributed by atoms with van der Waals surface area (Å²) in [5, 5.41) is 4.67. The molecule has 0 bridgehead atoms. The van der Waals surface area contributed by atoms with Crippen LogP contribution in [-0.2, 0) is 14.3 Å². The van der Waals surface area contributed by atoms with Crippen LogP contribution in [0.5, 0.6) is 0 Å². The van der Waals surface area contributed by atoms with Crippen LogP contribution in [0.25, 0.3) is 0 Å². The summed E-state index contributed by atoms with van der Waals surface area (Å²) in [6.07, 6.45) is 1.31. The standard InChI is InChI=1S/C15H12ClFN2O5/c16-9-3-4-11(10(17)6-9)19-13(20)8-24-14(21)7-18-15(22)12-2-1-5-23-12/h1-6H,7-8H2,(H,18,22)(H,19,20). The molecule has 2 N–H and O–H groups in total. The van der Waals surface area contributed by atoms with Gasteiger partial charge in [0.1, 0.15) is 12.4 Å². The van der Waals surface area contributed by atoms with Gasteiger partial charge in [-0.15, -0.1) is 0 Å². The van der Waals surface area contributed by atoms with Crippen molar-refractivity contribution >= 4 is 35.1 Å². The Hall–Kier alpha value is -2.87. The van der Waals surface area contributed by atoms with Gasteiger partial charge in [-0.2, -0.15) is 0 Å². The Labute approximate surface area is 140 Å². The lowest BCUT2D eigenvalue weighted by Gasteiger charge is -2.08. The molecule has 0 aliphatic rings. The van der Waals surface area contributed by atoms with E-state index >= 15 is 0 Å². The first kappa shape index (κ1) is 17.5. The largest absolute Gasteiger partial charge is 0.459 e. The first-order valence-corrected chi connectivity index (χ1v) is 7.05. The molecular weight excluding hydrogens is 343 g/mol. The number of carbonyl (C=O) groups is 3. The molecule has 126 valence electrons. The molecule has 2 aromatic rings. The second-order valence-electron chi connectivity index (χ2n) is 4.49. The van der Waals surface area contributed by atoms with E-state index in [-0.39, 0.29) is 16.5 Å². The lowest BCUT2D eigenvalue weighted by atomic mass is 10.3. The van der Waals surface area contributed by atoms with E-state index in [1.54, 1.807) is 0 Å². The number of hydrogen-bond donors (Lipinski definition) is 2. The van der Waals surface area contributed by atoms with Crippen molar-refractivity contribution in [1.82, 2.24) is 5.32 Å². The van der Waals surface area contributed by atoms with Crippen molar-refractivity contribution in [1.29, 1.82) is 0 Å². The van der Waals surface area contributed by atoms with Crippen molar-refractivity contribution in [3.63, 3.8) is 0 Å². The van der Waals surface area contributed by atoms with Crippen LogP contribution < -0.4 is 10.6 Å². The van der Waals surface area contributed by atoms with E-state index < -0.39 is 36.8 Å². The van der Waals surface area contributed by atoms with Crippen LogP contribution in [0, 0.1) is 5.82 Å². The smallest absolute Gasteiger partial charge is 0.325 e. The summed E-state index contributed by atoms with van der Waals surface area (Å²) in [4.78, 5) is 34.5. The van der Waals surface area contributed by atoms with E-state index in [4.69, 9.17) is 16.0 Å². The van der Waals surface area contributed by atoms with Gasteiger partial charge >= 0.3 is 5.97 Å². The number of rotatable bonds is 6. The number of carbonyl (C=O) groups excluding carboxylic acids is 3. The zero-order valence-electron chi connectivity index (χ0n) is 12.2. The number of ether oxygens (including phenoxy) is 1. The first-order chi connectivity index (χ1) is 11.5. The molecule has 1 heterocycles. The third-order valence-electron chi connectivity index (χ3n) is 2.71. The summed E-state index contributed by atoms with van der Waals surface area (Å²) in [7, 11) is 0. The quantitative estimate of drug-likeness (QED) is 0.773. The van der Waals surface area contributed by atoms with E-state index in [9.17, 15) is 18.8 Å². The second-order valence-corrected chi connectivity index (χ2v) is 4.93. The van der Waals surface area contributed by atoms with E-state index in [2.05, 4.69) is 15.4 Å². The van der Waals surface area contributed by atoms with Gasteiger partial charge in [0, 0.05) is 5.02 Å². The summed E-state index contributed by atoms with van der Waals surface area (Å²) in [6.45, 7) is -1.07. The molecule has 24 heavy (non-hydrogen) atoms. The number of anilines is 1. The molecule has 0 aliphatic carbocycles. The zero-order chi connectivity index (χ0) is 17.5. The zero-order valence-corrected chi connectivity index (χ0v) is 12.9. The lowest BCUT2D eigenvalue weighted by Crippen LogP contribution is -2.32. The van der Waals surface area contributed by atoms with Crippen molar-refractivity contribution in [3.05, 3.63) is 53.2 Å². The predicted octanol–water partition coefficient (Wildman–Crippen LogP) is 1.98. The van der Waals surface area contributed by atoms with E-state index in [0.717, 1.165) is 6.07 Å². The Kier molecular flexibility index (Phi) is 5.91. The van der Waals surface area contributed by atoms with Crippen LogP contribution in [0.3, 0.4) is 0 Å². The minimum atomic E-state index is -0.832. The van der Waals surface area contributed by atoms with E-state index in [1.807, 2.05) is 0 Å². The van der Waals surface area contributed by atoms with Gasteiger partial charge in [-0.3, -0.25) is 14.4 Å². The Morgan fingerprint density at radius 3 is 2.71 bits per heavy atom. The first-order valence-electron chi connectivity index (χ1n) is 6.68. The average molecular weight is 355 g/mol. The summed E-state index contributed by atoms with van der Waals surface area (Å²) in [6, 6.07) is 6.66. The molecule has 7 nitrogen and oxygen atoms in total. The molecule has 9 heteroatoms. The van der Waals surface area contributed by atoms with Crippen LogP contribution >= 0.6 is 11.6 Å². The summed E-state index contributed by atoms with van der Waals surface area (Å²) in [5.41, 5.74) is -0.0911. The SMILES string of the molecule is O=C(COC(=O)CNC(=O)c1ccco1)Nc1ccc(Cl)cc1F. The molecule has 0 unspecified atom stereocenters. The highest BCUT2D eigenvalue weighted by atomic mass is 35.5. The van der Waals surface area contributed by atoms with Gasteiger partial charge in [-0.05, 0) is 30.3 Å². The summed E-state index contributed by atoms with van der Waals surface area (Å²) >= 11 is 5.59. The number of furan rings is 1. The van der Waals surface area contributed by atoms with Crippen molar-refractivity contribution in [3.8, 4) is 0 Å². The number of benzene rings is 1. The maximum Gasteiger partial charge on any atom is 0.325 e. The lowest BCUT2D eigenvalue weighted by molar-refractivity contribution is -0.146. The highest BCUT2D eigenvalue weighted by molar-refractivity contribution is 6.30. The van der Waals surface area contributed by atoms with E-state index in [0.29, 0.717) is 0 Å². The molecule has 0 atom stereocenters. The molecule has 0 saturated carbocycles. The molecule has 0 aliphatic heterocycles. The Morgan fingerprint density at radius 2 is 2.04 bits per heavy atom. The molecule has 0 radical (unpaired) electrons. The van der Waals surface area contributed by atoms with Gasteiger partial charge in [0.15, 0.2) is 12.4 Å². The van der Waals surface area contributed by atoms with Crippen molar-refractivity contribution in [2.45, 2.75) is 0 Å². The number of nitrogens with one attached hydrogen (secondary N) is 2. The Morgan fingerprint density at radius 1 is 1.25 bits per heavy atom. The number of halogens is 2. The van der Waals surface area contributed by atoms with Gasteiger partial charge < -0.3 is 19.8 Å². The van der Waals surface area contributed by atoms with Crippen LogP contribution in [0.1, 0.15) is 10.6 Å². The molecule has 0 spiro atoms. The number of amides is 2. The minimum Gasteiger partial charge on any atom is -0.459 e. The van der Waals surface area contributed by atoms with E-state index in [1.165, 1.54) is 30.5 Å². The summed E-state index contributed by atoms with van der Waals surface area (Å²) in [5.74, 6) is -2.83. The molecular formula is C15H12ClFN2O5. The molecule has 0 fully saturated rings. The molecule has 0 saturated heterocycles. The third kappa shape index (κ3) is 5.10. The van der Waals surface area contributed by atoms with Crippen molar-refractivity contribution in [2.24, 2.45) is 0 Å². The number of esters is 1. The number of hydrogen-bond acceptors (Lipinski definition) is 5. The summed E-state index contributed by atoms with van der Waals surface area (Å²) < 4.78 is 23.0. The Bertz CT molecular complexity index is 748. The molecule has 2 rings (SSSR count). The molecule has 1 aromatic carbocycles. The van der Waals surface area contributed by atoms with Crippen molar-refractivity contribution < 1.29 is 27.9 Å². The minimum absolute atomic E-state index is 0.0405. The average Bonchev–Trinajstić information content (AvgIpc) is 3.08. The van der Waals surface area contributed by atoms with Gasteiger partial charge in [0.25, 0.3) is 11.8 Å².